The number of rotatable bonds is 6. The Morgan fingerprint density at radius 1 is 0.893 bits per heavy atom. The molecule has 0 atom stereocenters. The summed E-state index contributed by atoms with van der Waals surface area (Å²) in [6.07, 6.45) is 5.28. The highest BCUT2D eigenvalue weighted by molar-refractivity contribution is 5.91. The van der Waals surface area contributed by atoms with Crippen molar-refractivity contribution in [3.05, 3.63) is 81.9 Å². The van der Waals surface area contributed by atoms with E-state index in [-0.39, 0.29) is 0 Å². The van der Waals surface area contributed by atoms with Crippen molar-refractivity contribution in [1.29, 1.82) is 0 Å². The van der Waals surface area contributed by atoms with Crippen LogP contribution in [0.1, 0.15) is 82.1 Å². The molecule has 28 heavy (non-hydrogen) atoms. The molecule has 0 saturated heterocycles. The van der Waals surface area contributed by atoms with Gasteiger partial charge in [0.05, 0.1) is 11.9 Å². The summed E-state index contributed by atoms with van der Waals surface area (Å²) in [5.41, 5.74) is 13.8. The molecule has 0 bridgehead atoms. The van der Waals surface area contributed by atoms with E-state index in [0.717, 1.165) is 17.7 Å². The molecule has 146 valence electrons. The molecule has 0 heterocycles. The van der Waals surface area contributed by atoms with Crippen LogP contribution >= 0.6 is 0 Å². The number of hydrazone groups is 1. The highest BCUT2D eigenvalue weighted by atomic mass is 15.3. The zero-order chi connectivity index (χ0) is 20.3. The number of nitrogens with one attached hydrogen (secondary N) is 1. The predicted octanol–water partition coefficient (Wildman–Crippen LogP) is 7.50. The van der Waals surface area contributed by atoms with Crippen molar-refractivity contribution in [3.63, 3.8) is 0 Å². The first kappa shape index (κ1) is 20.1. The SMILES string of the molecule is CC1=CC(C)=C(c2ccccc2C=NNc2c(C(C)C)cccc2C(C)C)C1. The van der Waals surface area contributed by atoms with E-state index in [1.807, 2.05) is 6.21 Å². The van der Waals surface area contributed by atoms with E-state index in [4.69, 9.17) is 0 Å². The van der Waals surface area contributed by atoms with Crippen LogP contribution in [0.3, 0.4) is 0 Å². The van der Waals surface area contributed by atoms with Crippen LogP contribution in [0.5, 0.6) is 0 Å². The van der Waals surface area contributed by atoms with Crippen LogP contribution in [0.25, 0.3) is 5.57 Å². The lowest BCUT2D eigenvalue weighted by molar-refractivity contribution is 0.835. The highest BCUT2D eigenvalue weighted by Crippen LogP contribution is 2.34. The van der Waals surface area contributed by atoms with Crippen LogP contribution in [-0.2, 0) is 0 Å². The average Bonchev–Trinajstić information content (AvgIpc) is 2.99. The van der Waals surface area contributed by atoms with Gasteiger partial charge in [-0.2, -0.15) is 5.10 Å². The zero-order valence-electron chi connectivity index (χ0n) is 18.0. The standard InChI is InChI=1S/C26H32N2/c1-17(2)22-12-9-13-23(18(3)4)26(22)28-27-16-21-10-7-8-11-24(21)25-15-19(5)14-20(25)6/h7-14,16-18,28H,15H2,1-6H3. The quantitative estimate of drug-likeness (QED) is 0.412. The van der Waals surface area contributed by atoms with E-state index in [1.165, 1.54) is 33.4 Å². The molecule has 0 radical (unpaired) electrons. The van der Waals surface area contributed by atoms with Crippen LogP contribution < -0.4 is 5.43 Å². The van der Waals surface area contributed by atoms with Gasteiger partial charge in [0.15, 0.2) is 0 Å². The summed E-state index contributed by atoms with van der Waals surface area (Å²) in [5, 5.41) is 4.66. The summed E-state index contributed by atoms with van der Waals surface area (Å²) in [4.78, 5) is 0. The van der Waals surface area contributed by atoms with E-state index in [0.29, 0.717) is 11.8 Å². The van der Waals surface area contributed by atoms with Gasteiger partial charge in [0.2, 0.25) is 0 Å². The molecule has 3 rings (SSSR count). The van der Waals surface area contributed by atoms with E-state index in [9.17, 15) is 0 Å². The third-order valence-corrected chi connectivity index (χ3v) is 5.43. The molecule has 2 nitrogen and oxygen atoms in total. The molecule has 0 unspecified atom stereocenters. The van der Waals surface area contributed by atoms with E-state index in [2.05, 4.69) is 101 Å². The number of benzene rings is 2. The Hall–Kier alpha value is -2.61. The lowest BCUT2D eigenvalue weighted by atomic mass is 9.93. The minimum atomic E-state index is 0.448. The number of allylic oxidation sites excluding steroid dienone is 4. The maximum atomic E-state index is 4.66. The topological polar surface area (TPSA) is 24.4 Å². The molecule has 0 fully saturated rings. The van der Waals surface area contributed by atoms with Gasteiger partial charge in [-0.3, -0.25) is 5.43 Å². The summed E-state index contributed by atoms with van der Waals surface area (Å²) in [6, 6.07) is 15.1. The number of hydrogen-bond donors (Lipinski definition) is 1. The minimum absolute atomic E-state index is 0.448. The monoisotopic (exact) mass is 372 g/mol. The van der Waals surface area contributed by atoms with Crippen molar-refractivity contribution in [2.75, 3.05) is 5.43 Å². The lowest BCUT2D eigenvalue weighted by Crippen LogP contribution is -2.04. The number of anilines is 1. The van der Waals surface area contributed by atoms with E-state index in [1.54, 1.807) is 0 Å². The fourth-order valence-corrected chi connectivity index (χ4v) is 3.96. The molecule has 0 aromatic heterocycles. The van der Waals surface area contributed by atoms with Crippen LogP contribution in [0.15, 0.2) is 64.8 Å². The second-order valence-electron chi connectivity index (χ2n) is 8.41. The third kappa shape index (κ3) is 4.27. The number of hydrogen-bond acceptors (Lipinski definition) is 2. The van der Waals surface area contributed by atoms with E-state index < -0.39 is 0 Å². The normalized spacial score (nSPS) is 14.5. The predicted molar refractivity (Wildman–Crippen MR) is 123 cm³/mol. The van der Waals surface area contributed by atoms with Gasteiger partial charge in [-0.25, -0.2) is 0 Å². The number of para-hydroxylation sites is 1. The second-order valence-corrected chi connectivity index (χ2v) is 8.41. The van der Waals surface area contributed by atoms with Crippen LogP contribution in [0.4, 0.5) is 5.69 Å². The first-order valence-electron chi connectivity index (χ1n) is 10.3. The van der Waals surface area contributed by atoms with E-state index >= 15 is 0 Å². The van der Waals surface area contributed by atoms with Gasteiger partial charge in [0.25, 0.3) is 0 Å². The molecular weight excluding hydrogens is 340 g/mol. The molecule has 0 amide bonds. The highest BCUT2D eigenvalue weighted by Gasteiger charge is 2.15. The molecular formula is C26H32N2. The average molecular weight is 373 g/mol. The van der Waals surface area contributed by atoms with Gasteiger partial charge in [0.1, 0.15) is 0 Å². The molecule has 1 N–H and O–H groups in total. The maximum Gasteiger partial charge on any atom is 0.0630 e. The van der Waals surface area contributed by atoms with Gasteiger partial charge < -0.3 is 0 Å². The van der Waals surface area contributed by atoms with Crippen LogP contribution in [0.2, 0.25) is 0 Å². The largest absolute Gasteiger partial charge is 0.278 e. The Bertz CT molecular complexity index is 916. The smallest absolute Gasteiger partial charge is 0.0630 e. The van der Waals surface area contributed by atoms with Crippen molar-refractivity contribution in [2.45, 2.75) is 59.8 Å². The second kappa shape index (κ2) is 8.60. The molecule has 1 aliphatic rings. The fourth-order valence-electron chi connectivity index (χ4n) is 3.96. The summed E-state index contributed by atoms with van der Waals surface area (Å²) >= 11 is 0. The summed E-state index contributed by atoms with van der Waals surface area (Å²) in [6.45, 7) is 13.3. The van der Waals surface area contributed by atoms with Gasteiger partial charge in [-0.05, 0) is 59.9 Å². The number of nitrogens with zero attached hydrogens (tertiary/aromatic N) is 1. The van der Waals surface area contributed by atoms with Crippen LogP contribution in [-0.4, -0.2) is 6.21 Å². The van der Waals surface area contributed by atoms with Crippen molar-refractivity contribution in [1.82, 2.24) is 0 Å². The summed E-state index contributed by atoms with van der Waals surface area (Å²) in [7, 11) is 0. The fraction of sp³-hybridized carbons (Fsp3) is 0.346. The molecule has 2 heteroatoms. The first-order valence-corrected chi connectivity index (χ1v) is 10.3. The Kier molecular flexibility index (Phi) is 6.18. The van der Waals surface area contributed by atoms with Crippen molar-refractivity contribution in [3.8, 4) is 0 Å². The van der Waals surface area contributed by atoms with Gasteiger partial charge >= 0.3 is 0 Å². The Morgan fingerprint density at radius 2 is 1.54 bits per heavy atom. The minimum Gasteiger partial charge on any atom is -0.278 e. The molecule has 0 aliphatic heterocycles. The van der Waals surface area contributed by atoms with Crippen molar-refractivity contribution < 1.29 is 0 Å². The Balaban J connectivity index is 1.91. The third-order valence-electron chi connectivity index (χ3n) is 5.43. The molecule has 0 spiro atoms. The molecule has 1 aliphatic carbocycles. The van der Waals surface area contributed by atoms with Crippen molar-refractivity contribution in [2.24, 2.45) is 5.10 Å². The maximum absolute atomic E-state index is 4.66. The summed E-state index contributed by atoms with van der Waals surface area (Å²) < 4.78 is 0. The summed E-state index contributed by atoms with van der Waals surface area (Å²) in [5.74, 6) is 0.896. The molecule has 2 aromatic carbocycles. The van der Waals surface area contributed by atoms with Gasteiger partial charge in [0, 0.05) is 5.56 Å². The first-order chi connectivity index (χ1) is 13.4. The lowest BCUT2D eigenvalue weighted by Gasteiger charge is -2.18. The Morgan fingerprint density at radius 3 is 2.11 bits per heavy atom. The molecule has 0 saturated carbocycles. The van der Waals surface area contributed by atoms with Crippen molar-refractivity contribution >= 4 is 17.5 Å². The Labute approximate surface area is 170 Å². The van der Waals surface area contributed by atoms with Gasteiger partial charge in [-0.15, -0.1) is 0 Å². The van der Waals surface area contributed by atoms with Gasteiger partial charge in [-0.1, -0.05) is 81.8 Å². The zero-order valence-corrected chi connectivity index (χ0v) is 18.0. The molecule has 2 aromatic rings. The van der Waals surface area contributed by atoms with Crippen LogP contribution in [0, 0.1) is 0 Å².